The molecule has 0 fully saturated rings. The monoisotopic (exact) mass is 261 g/mol. The minimum Gasteiger partial charge on any atom is -0.201 e. The zero-order chi connectivity index (χ0) is 20.1. The summed E-state index contributed by atoms with van der Waals surface area (Å²) in [6.45, 7) is 0.417. The summed E-state index contributed by atoms with van der Waals surface area (Å²) in [4.78, 5) is 0. The number of hydrogen-bond donors (Lipinski definition) is 0. The summed E-state index contributed by atoms with van der Waals surface area (Å²) < 4.78 is 55.7. The average Bonchev–Trinajstić information content (AvgIpc) is 2.47. The molecule has 1 atom stereocenters. The van der Waals surface area contributed by atoms with Gasteiger partial charge >= 0.3 is 0 Å². The van der Waals surface area contributed by atoms with E-state index in [0.29, 0.717) is 16.7 Å². The summed E-state index contributed by atoms with van der Waals surface area (Å²) in [5.41, 5.74) is 3.95. The summed E-state index contributed by atoms with van der Waals surface area (Å²) in [5, 5.41) is 0. The van der Waals surface area contributed by atoms with Crippen LogP contribution < -0.4 is 4.57 Å². The minimum atomic E-state index is -2.44. The second-order valence-electron chi connectivity index (χ2n) is 5.02. The third kappa shape index (κ3) is 2.70. The van der Waals surface area contributed by atoms with Crippen LogP contribution in [0.3, 0.4) is 0 Å². The Kier molecular flexibility index (Phi) is 1.96. The second-order valence-corrected chi connectivity index (χ2v) is 5.02. The van der Waals surface area contributed by atoms with Crippen molar-refractivity contribution >= 4 is 0 Å². The molecule has 0 bridgehead atoms. The molecule has 0 radical (unpaired) electrons. The van der Waals surface area contributed by atoms with Crippen molar-refractivity contribution in [2.75, 3.05) is 0 Å². The number of benzene rings is 1. The molecule has 1 heteroatoms. The van der Waals surface area contributed by atoms with Crippen molar-refractivity contribution in [1.29, 1.82) is 0 Å². The summed E-state index contributed by atoms with van der Waals surface area (Å²) in [7, 11) is 1.79. The maximum Gasteiger partial charge on any atom is 0.212 e. The molecular formula is C18H24N+. The van der Waals surface area contributed by atoms with Gasteiger partial charge in [-0.3, -0.25) is 0 Å². The normalized spacial score (nSPS) is 20.9. The Morgan fingerprint density at radius 1 is 1.16 bits per heavy atom. The van der Waals surface area contributed by atoms with Gasteiger partial charge in [-0.15, -0.1) is 0 Å². The highest BCUT2D eigenvalue weighted by atomic mass is 14.9. The number of nitrogens with zero attached hydrogens (tertiary/aromatic N) is 1. The highest BCUT2D eigenvalue weighted by Crippen LogP contribution is 2.25. The van der Waals surface area contributed by atoms with Crippen LogP contribution >= 0.6 is 0 Å². The van der Waals surface area contributed by atoms with Crippen LogP contribution in [0, 0.1) is 20.7 Å². The molecule has 0 amide bonds. The summed E-state index contributed by atoms with van der Waals surface area (Å²) in [6.07, 6.45) is 1.65. The van der Waals surface area contributed by atoms with E-state index in [1.807, 2.05) is 13.0 Å². The molecule has 0 aliphatic rings. The van der Waals surface area contributed by atoms with Gasteiger partial charge in [-0.25, -0.2) is 4.57 Å². The molecule has 1 aromatic carbocycles. The van der Waals surface area contributed by atoms with Crippen molar-refractivity contribution in [3.05, 3.63) is 52.7 Å². The van der Waals surface area contributed by atoms with Gasteiger partial charge in [0.1, 0.15) is 7.05 Å². The fourth-order valence-corrected chi connectivity index (χ4v) is 2.20. The molecule has 1 nitrogen and oxygen atoms in total. The number of aromatic nitrogens is 1. The van der Waals surface area contributed by atoms with Crippen LogP contribution in [-0.2, 0) is 7.05 Å². The molecule has 100 valence electrons. The van der Waals surface area contributed by atoms with Crippen LogP contribution in [-0.4, -0.2) is 0 Å². The van der Waals surface area contributed by atoms with E-state index in [-0.39, 0.29) is 0 Å². The molecule has 2 rings (SSSR count). The van der Waals surface area contributed by atoms with Crippen LogP contribution in [0.4, 0.5) is 0 Å². The zero-order valence-corrected chi connectivity index (χ0v) is 11.8. The smallest absolute Gasteiger partial charge is 0.201 e. The maximum absolute atomic E-state index is 8.23. The van der Waals surface area contributed by atoms with Gasteiger partial charge in [0.25, 0.3) is 0 Å². The van der Waals surface area contributed by atoms with Gasteiger partial charge in [0.05, 0.1) is 0 Å². The Labute approximate surface area is 126 Å². The van der Waals surface area contributed by atoms with E-state index in [4.69, 9.17) is 9.60 Å². The predicted molar refractivity (Wildman–Crippen MR) is 81.4 cm³/mol. The molecule has 0 aliphatic carbocycles. The van der Waals surface area contributed by atoms with Gasteiger partial charge in [0, 0.05) is 26.8 Å². The van der Waals surface area contributed by atoms with E-state index in [2.05, 4.69) is 0 Å². The Bertz CT molecular complexity index is 833. The van der Waals surface area contributed by atoms with E-state index in [1.54, 1.807) is 42.9 Å². The quantitative estimate of drug-likeness (QED) is 0.712. The fourth-order valence-electron chi connectivity index (χ4n) is 2.20. The Morgan fingerprint density at radius 3 is 2.58 bits per heavy atom. The van der Waals surface area contributed by atoms with E-state index in [9.17, 15) is 0 Å². The highest BCUT2D eigenvalue weighted by Gasteiger charge is 2.15. The van der Waals surface area contributed by atoms with Gasteiger partial charge in [-0.1, -0.05) is 19.8 Å². The molecular weight excluding hydrogens is 230 g/mol. The van der Waals surface area contributed by atoms with Crippen molar-refractivity contribution in [1.82, 2.24) is 0 Å². The Hall–Kier alpha value is -1.63. The van der Waals surface area contributed by atoms with Crippen molar-refractivity contribution in [2.24, 2.45) is 7.05 Å². The Balaban J connectivity index is 2.57. The zero-order valence-electron chi connectivity index (χ0n) is 18.8. The maximum atomic E-state index is 8.23. The number of rotatable bonds is 2. The first kappa shape index (κ1) is 7.23. The van der Waals surface area contributed by atoms with Crippen molar-refractivity contribution < 1.29 is 14.2 Å². The first-order valence-electron chi connectivity index (χ1n) is 9.78. The van der Waals surface area contributed by atoms with E-state index in [0.717, 1.165) is 16.8 Å². The summed E-state index contributed by atoms with van der Waals surface area (Å²) in [6, 6.07) is 6.96. The number of pyridine rings is 1. The van der Waals surface area contributed by atoms with Gasteiger partial charge in [-0.05, 0) is 55.4 Å². The molecule has 0 aliphatic heterocycles. The molecule has 1 heterocycles. The largest absolute Gasteiger partial charge is 0.212 e. The van der Waals surface area contributed by atoms with Gasteiger partial charge in [0.2, 0.25) is 5.69 Å². The fraction of sp³-hybridized carbons (Fsp3) is 0.389. The SMILES string of the molecule is [2H]C([2H])([2H])c1cc(C)c(-c2ccc(C([2H])(C)C([2H])([2H])[2H])c[n+]2C)cc1C. The lowest BCUT2D eigenvalue weighted by molar-refractivity contribution is -0.660. The van der Waals surface area contributed by atoms with E-state index >= 15 is 0 Å². The molecule has 1 aromatic heterocycles. The number of hydrogen-bond acceptors (Lipinski definition) is 0. The molecule has 0 N–H and O–H groups in total. The molecule has 2 aromatic rings. The van der Waals surface area contributed by atoms with Crippen molar-refractivity contribution in [2.45, 2.75) is 40.4 Å². The topological polar surface area (TPSA) is 3.88 Å². The van der Waals surface area contributed by atoms with Gasteiger partial charge < -0.3 is 0 Å². The average molecular weight is 261 g/mol. The third-order valence-corrected chi connectivity index (χ3v) is 3.41. The first-order valence-corrected chi connectivity index (χ1v) is 6.28. The second kappa shape index (κ2) is 5.16. The van der Waals surface area contributed by atoms with Gasteiger partial charge in [-0.2, -0.15) is 0 Å². The third-order valence-electron chi connectivity index (χ3n) is 3.41. The lowest BCUT2D eigenvalue weighted by atomic mass is 9.97. The standard InChI is InChI=1S/C18H24N/c1-12(2)16-7-8-18(19(6)11-16)17-10-14(4)13(3)9-15(17)5/h7-12H,1-6H3/q+1/i1D3,3D3,12D. The minimum absolute atomic E-state index is 0.333. The predicted octanol–water partition coefficient (Wildman–Crippen LogP) is 4.23. The molecule has 19 heavy (non-hydrogen) atoms. The first-order chi connectivity index (χ1) is 11.7. The molecule has 0 saturated heterocycles. The van der Waals surface area contributed by atoms with E-state index < -0.39 is 19.6 Å². The lowest BCUT2D eigenvalue weighted by Crippen LogP contribution is -2.31. The van der Waals surface area contributed by atoms with Crippen LogP contribution in [0.5, 0.6) is 0 Å². The van der Waals surface area contributed by atoms with Crippen molar-refractivity contribution in [3.63, 3.8) is 0 Å². The number of aryl methyl sites for hydroxylation is 4. The van der Waals surface area contributed by atoms with Gasteiger partial charge in [0.15, 0.2) is 6.20 Å². The van der Waals surface area contributed by atoms with Crippen LogP contribution in [0.2, 0.25) is 0 Å². The van der Waals surface area contributed by atoms with Crippen LogP contribution in [0.15, 0.2) is 30.5 Å². The summed E-state index contributed by atoms with van der Waals surface area (Å²) in [5.74, 6) is -1.71. The lowest BCUT2D eigenvalue weighted by Gasteiger charge is -2.10. The molecule has 1 unspecified atom stereocenters. The van der Waals surface area contributed by atoms with E-state index in [1.165, 1.54) is 6.92 Å². The molecule has 0 saturated carbocycles. The Morgan fingerprint density at radius 2 is 1.95 bits per heavy atom. The van der Waals surface area contributed by atoms with Crippen LogP contribution in [0.1, 0.15) is 51.5 Å². The van der Waals surface area contributed by atoms with Crippen molar-refractivity contribution in [3.8, 4) is 11.3 Å². The highest BCUT2D eigenvalue weighted by molar-refractivity contribution is 5.63. The molecule has 0 spiro atoms. The summed E-state index contributed by atoms with van der Waals surface area (Å²) >= 11 is 0. The van der Waals surface area contributed by atoms with Crippen LogP contribution in [0.25, 0.3) is 11.3 Å².